The number of carbonyl (C=O) groups is 1. The highest BCUT2D eigenvalue weighted by molar-refractivity contribution is 6.20. The van der Waals surface area contributed by atoms with Crippen LogP contribution in [0.3, 0.4) is 0 Å². The molecule has 3 rings (SSSR count). The summed E-state index contributed by atoms with van der Waals surface area (Å²) < 4.78 is 0. The summed E-state index contributed by atoms with van der Waals surface area (Å²) >= 11 is 0. The van der Waals surface area contributed by atoms with Gasteiger partial charge in [0.1, 0.15) is 0 Å². The van der Waals surface area contributed by atoms with E-state index in [9.17, 15) is 4.79 Å². The van der Waals surface area contributed by atoms with Gasteiger partial charge in [-0.15, -0.1) is 0 Å². The molecule has 0 bridgehead atoms. The summed E-state index contributed by atoms with van der Waals surface area (Å²) in [7, 11) is 0. The molecule has 0 saturated heterocycles. The zero-order chi connectivity index (χ0) is 16.6. The minimum absolute atomic E-state index is 0.184. The number of aliphatic imine (C=N–C) groups is 1. The number of carbonyl (C=O) groups excluding carboxylic acids is 1. The fraction of sp³-hybridized carbons (Fsp3) is 0.263. The lowest BCUT2D eigenvalue weighted by molar-refractivity contribution is -0.120. The molecule has 118 valence electrons. The molecular weight excluding hydrogens is 286 g/mol. The summed E-state index contributed by atoms with van der Waals surface area (Å²) in [6, 6.07) is 17.7. The molecule has 0 aromatic heterocycles. The normalized spacial score (nSPS) is 18.3. The Morgan fingerprint density at radius 1 is 1.00 bits per heavy atom. The van der Waals surface area contributed by atoms with E-state index in [4.69, 9.17) is 5.73 Å². The van der Waals surface area contributed by atoms with E-state index in [1.165, 1.54) is 0 Å². The first-order valence-electron chi connectivity index (χ1n) is 7.72. The minimum Gasteiger partial charge on any atom is -0.303 e. The molecule has 0 fully saturated rings. The van der Waals surface area contributed by atoms with Gasteiger partial charge in [0.2, 0.25) is 0 Å². The third-order valence-corrected chi connectivity index (χ3v) is 3.86. The van der Waals surface area contributed by atoms with Crippen LogP contribution in [0.15, 0.2) is 59.6 Å². The fourth-order valence-electron chi connectivity index (χ4n) is 2.90. The topological polar surface area (TPSA) is 58.7 Å². The molecule has 1 atom stereocenters. The second-order valence-electron chi connectivity index (χ2n) is 6.65. The summed E-state index contributed by atoms with van der Waals surface area (Å²) in [4.78, 5) is 19.1. The van der Waals surface area contributed by atoms with E-state index >= 15 is 0 Å². The lowest BCUT2D eigenvalue weighted by atomic mass is 9.97. The van der Waals surface area contributed by atoms with Crippen LogP contribution in [0.5, 0.6) is 0 Å². The maximum Gasteiger partial charge on any atom is 0.266 e. The largest absolute Gasteiger partial charge is 0.303 e. The van der Waals surface area contributed by atoms with Crippen LogP contribution in [0, 0.1) is 0 Å². The van der Waals surface area contributed by atoms with Crippen LogP contribution in [0.4, 0.5) is 5.69 Å². The Labute approximate surface area is 136 Å². The molecule has 1 aliphatic heterocycles. The third-order valence-electron chi connectivity index (χ3n) is 3.86. The molecule has 2 aromatic rings. The number of hydrogen-bond donors (Lipinski definition) is 1. The molecule has 1 heterocycles. The predicted octanol–water partition coefficient (Wildman–Crippen LogP) is 2.95. The van der Waals surface area contributed by atoms with E-state index in [-0.39, 0.29) is 11.4 Å². The van der Waals surface area contributed by atoms with Crippen molar-refractivity contribution in [1.82, 2.24) is 0 Å². The molecule has 1 amide bonds. The monoisotopic (exact) mass is 307 g/mol. The number of benzene rings is 2. The van der Waals surface area contributed by atoms with Crippen molar-refractivity contribution in [3.63, 3.8) is 0 Å². The lowest BCUT2D eigenvalue weighted by Crippen LogP contribution is -2.51. The molecule has 0 radical (unpaired) electrons. The number of benzodiazepines with no additional fused rings is 1. The molecule has 0 saturated carbocycles. The molecule has 2 aromatic carbocycles. The van der Waals surface area contributed by atoms with Crippen LogP contribution in [-0.4, -0.2) is 23.3 Å². The molecule has 4 nitrogen and oxygen atoms in total. The number of anilines is 1. The van der Waals surface area contributed by atoms with Crippen molar-refractivity contribution in [2.75, 3.05) is 4.90 Å². The second kappa shape index (κ2) is 5.63. The standard InChI is InChI=1S/C19H21N3O/c1-19(2,3)22-15-12-8-7-11-14(15)16(21-17(20)18(22)23)13-9-5-4-6-10-13/h4-12,17H,20H2,1-3H3. The van der Waals surface area contributed by atoms with Crippen molar-refractivity contribution in [2.45, 2.75) is 32.5 Å². The molecule has 0 aliphatic carbocycles. The Bertz CT molecular complexity index is 760. The van der Waals surface area contributed by atoms with E-state index in [2.05, 4.69) is 4.99 Å². The van der Waals surface area contributed by atoms with Crippen LogP contribution in [0.1, 0.15) is 31.9 Å². The van der Waals surface area contributed by atoms with E-state index in [1.807, 2.05) is 75.4 Å². The Balaban J connectivity index is 2.26. The van der Waals surface area contributed by atoms with Crippen LogP contribution in [-0.2, 0) is 4.79 Å². The van der Waals surface area contributed by atoms with E-state index in [0.717, 1.165) is 22.5 Å². The first-order valence-corrected chi connectivity index (χ1v) is 7.72. The van der Waals surface area contributed by atoms with Crippen LogP contribution in [0.2, 0.25) is 0 Å². The number of hydrogen-bond acceptors (Lipinski definition) is 3. The number of rotatable bonds is 1. The fourth-order valence-corrected chi connectivity index (χ4v) is 2.90. The summed E-state index contributed by atoms with van der Waals surface area (Å²) in [6.45, 7) is 6.01. The predicted molar refractivity (Wildman–Crippen MR) is 93.7 cm³/mol. The molecule has 1 unspecified atom stereocenters. The van der Waals surface area contributed by atoms with Gasteiger partial charge in [0.15, 0.2) is 6.17 Å². The molecule has 0 spiro atoms. The molecule has 1 aliphatic rings. The van der Waals surface area contributed by atoms with E-state index in [0.29, 0.717) is 0 Å². The molecule has 2 N–H and O–H groups in total. The second-order valence-corrected chi connectivity index (χ2v) is 6.65. The van der Waals surface area contributed by atoms with Crippen molar-refractivity contribution in [1.29, 1.82) is 0 Å². The summed E-state index contributed by atoms with van der Waals surface area (Å²) in [5.41, 5.74) is 9.20. The first kappa shape index (κ1) is 15.4. The smallest absolute Gasteiger partial charge is 0.266 e. The highest BCUT2D eigenvalue weighted by Crippen LogP contribution is 2.32. The average Bonchev–Trinajstić information content (AvgIpc) is 2.63. The van der Waals surface area contributed by atoms with Crippen LogP contribution < -0.4 is 10.6 Å². The Hall–Kier alpha value is -2.46. The summed E-state index contributed by atoms with van der Waals surface area (Å²) in [5, 5.41) is 0. The van der Waals surface area contributed by atoms with Gasteiger partial charge in [-0.3, -0.25) is 9.79 Å². The average molecular weight is 307 g/mol. The van der Waals surface area contributed by atoms with Gasteiger partial charge in [-0.1, -0.05) is 48.5 Å². The van der Waals surface area contributed by atoms with Crippen molar-refractivity contribution in [2.24, 2.45) is 10.7 Å². The Morgan fingerprint density at radius 2 is 1.61 bits per heavy atom. The highest BCUT2D eigenvalue weighted by atomic mass is 16.2. The molecular formula is C19H21N3O. The molecule has 23 heavy (non-hydrogen) atoms. The van der Waals surface area contributed by atoms with Gasteiger partial charge >= 0.3 is 0 Å². The number of fused-ring (bicyclic) bond motifs is 1. The highest BCUT2D eigenvalue weighted by Gasteiger charge is 2.36. The first-order chi connectivity index (χ1) is 10.9. The summed E-state index contributed by atoms with van der Waals surface area (Å²) in [5.74, 6) is -0.184. The number of nitrogens with two attached hydrogens (primary N) is 1. The maximum atomic E-state index is 12.8. The zero-order valence-corrected chi connectivity index (χ0v) is 13.7. The summed E-state index contributed by atoms with van der Waals surface area (Å²) in [6.07, 6.45) is -0.906. The Morgan fingerprint density at radius 3 is 2.26 bits per heavy atom. The zero-order valence-electron chi connectivity index (χ0n) is 13.7. The van der Waals surface area contributed by atoms with Gasteiger partial charge in [-0.25, -0.2) is 0 Å². The quantitative estimate of drug-likeness (QED) is 0.880. The van der Waals surface area contributed by atoms with E-state index < -0.39 is 6.17 Å². The van der Waals surface area contributed by atoms with Gasteiger partial charge in [0, 0.05) is 16.7 Å². The SMILES string of the molecule is CC(C)(C)N1C(=O)C(N)N=C(c2ccccc2)c2ccccc21. The van der Waals surface area contributed by atoms with Crippen LogP contribution >= 0.6 is 0 Å². The minimum atomic E-state index is -0.906. The van der Waals surface area contributed by atoms with Gasteiger partial charge in [-0.2, -0.15) is 0 Å². The van der Waals surface area contributed by atoms with Gasteiger partial charge in [-0.05, 0) is 26.8 Å². The number of amides is 1. The van der Waals surface area contributed by atoms with Crippen molar-refractivity contribution in [3.8, 4) is 0 Å². The van der Waals surface area contributed by atoms with Gasteiger partial charge < -0.3 is 10.6 Å². The number of nitrogens with zero attached hydrogens (tertiary/aromatic N) is 2. The van der Waals surface area contributed by atoms with Crippen molar-refractivity contribution >= 4 is 17.3 Å². The van der Waals surface area contributed by atoms with E-state index in [1.54, 1.807) is 4.90 Å². The number of para-hydroxylation sites is 1. The maximum absolute atomic E-state index is 12.8. The van der Waals surface area contributed by atoms with Gasteiger partial charge in [0.05, 0.1) is 11.4 Å². The van der Waals surface area contributed by atoms with Gasteiger partial charge in [0.25, 0.3) is 5.91 Å². The van der Waals surface area contributed by atoms with Crippen LogP contribution in [0.25, 0.3) is 0 Å². The third kappa shape index (κ3) is 2.78. The molecule has 4 heteroatoms. The van der Waals surface area contributed by atoms with Crippen molar-refractivity contribution in [3.05, 3.63) is 65.7 Å². The van der Waals surface area contributed by atoms with Crippen molar-refractivity contribution < 1.29 is 4.79 Å². The lowest BCUT2D eigenvalue weighted by Gasteiger charge is -2.36. The Kier molecular flexibility index (Phi) is 3.78.